The molecule has 0 spiro atoms. The largest absolute Gasteiger partial charge is 0.298 e. The number of halogens is 1. The van der Waals surface area contributed by atoms with E-state index < -0.39 is 0 Å². The Labute approximate surface area is 67.8 Å². The fraction of sp³-hybridized carbons (Fsp3) is 0.875. The van der Waals surface area contributed by atoms with Gasteiger partial charge in [-0.15, -0.1) is 11.6 Å². The van der Waals surface area contributed by atoms with Crippen LogP contribution in [0, 0.1) is 0 Å². The molecule has 0 N–H and O–H groups in total. The van der Waals surface area contributed by atoms with Gasteiger partial charge in [-0.05, 0) is 6.42 Å². The Kier molecular flexibility index (Phi) is 7.04. The van der Waals surface area contributed by atoms with E-state index in [1.807, 2.05) is 0 Å². The van der Waals surface area contributed by atoms with Gasteiger partial charge in [0, 0.05) is 6.42 Å². The van der Waals surface area contributed by atoms with E-state index in [4.69, 9.17) is 11.6 Å². The van der Waals surface area contributed by atoms with Crippen LogP contribution in [-0.2, 0) is 4.79 Å². The van der Waals surface area contributed by atoms with Crippen molar-refractivity contribution in [2.45, 2.75) is 39.0 Å². The monoisotopic (exact) mass is 162 g/mol. The van der Waals surface area contributed by atoms with Crippen molar-refractivity contribution in [3.63, 3.8) is 0 Å². The molecule has 0 unspecified atom stereocenters. The predicted molar refractivity (Wildman–Crippen MR) is 44.5 cm³/mol. The molecule has 0 bridgehead atoms. The Hall–Kier alpha value is -0.0400. The minimum absolute atomic E-state index is 0.178. The summed E-state index contributed by atoms with van der Waals surface area (Å²) in [5.74, 6) is 0.365. The van der Waals surface area contributed by atoms with Crippen LogP contribution in [0.25, 0.3) is 0 Å². The van der Waals surface area contributed by atoms with Gasteiger partial charge in [-0.3, -0.25) is 4.79 Å². The van der Waals surface area contributed by atoms with Gasteiger partial charge in [0.05, 0.1) is 5.88 Å². The normalized spacial score (nSPS) is 9.80. The van der Waals surface area contributed by atoms with E-state index in [1.165, 1.54) is 19.3 Å². The molecule has 0 radical (unpaired) electrons. The number of Topliss-reactive ketones (excluding diaryl/α,β-unsaturated/α-hetero) is 1. The lowest BCUT2D eigenvalue weighted by Crippen LogP contribution is -1.97. The van der Waals surface area contributed by atoms with Gasteiger partial charge < -0.3 is 0 Å². The molecule has 0 aliphatic carbocycles. The molecule has 0 amide bonds. The summed E-state index contributed by atoms with van der Waals surface area (Å²) >= 11 is 5.32. The highest BCUT2D eigenvalue weighted by Gasteiger charge is 1.97. The number of ketones is 1. The molecule has 0 rings (SSSR count). The zero-order chi connectivity index (χ0) is 7.82. The van der Waals surface area contributed by atoms with E-state index in [9.17, 15) is 4.79 Å². The van der Waals surface area contributed by atoms with Gasteiger partial charge in [0.15, 0.2) is 0 Å². The van der Waals surface area contributed by atoms with Crippen LogP contribution >= 0.6 is 11.6 Å². The van der Waals surface area contributed by atoms with Gasteiger partial charge in [0.2, 0.25) is 0 Å². The van der Waals surface area contributed by atoms with Crippen LogP contribution < -0.4 is 0 Å². The molecular formula is C8H15ClO. The van der Waals surface area contributed by atoms with Gasteiger partial charge in [-0.1, -0.05) is 26.2 Å². The van der Waals surface area contributed by atoms with E-state index in [1.54, 1.807) is 0 Å². The highest BCUT2D eigenvalue weighted by molar-refractivity contribution is 6.27. The molecule has 0 aromatic heterocycles. The first-order chi connectivity index (χ1) is 4.81. The SMILES string of the molecule is CCCCCCC(=O)CCl. The van der Waals surface area contributed by atoms with Gasteiger partial charge in [0.1, 0.15) is 5.78 Å². The molecule has 60 valence electrons. The minimum Gasteiger partial charge on any atom is -0.298 e. The van der Waals surface area contributed by atoms with Crippen molar-refractivity contribution in [1.29, 1.82) is 0 Å². The van der Waals surface area contributed by atoms with Crippen LogP contribution in [0.15, 0.2) is 0 Å². The second kappa shape index (κ2) is 7.07. The molecule has 0 atom stereocenters. The maximum atomic E-state index is 10.6. The average Bonchev–Trinajstić information content (AvgIpc) is 1.98. The maximum absolute atomic E-state index is 10.6. The Morgan fingerprint density at radius 1 is 1.30 bits per heavy atom. The van der Waals surface area contributed by atoms with Crippen molar-refractivity contribution in [3.05, 3.63) is 0 Å². The Bertz CT molecular complexity index is 91.3. The first-order valence-corrected chi connectivity index (χ1v) is 4.42. The Morgan fingerprint density at radius 3 is 2.50 bits per heavy atom. The third kappa shape index (κ3) is 6.09. The standard InChI is InChI=1S/C8H15ClO/c1-2-3-4-5-6-8(10)7-9/h2-7H2,1H3. The van der Waals surface area contributed by atoms with Crippen LogP contribution in [0.2, 0.25) is 0 Å². The summed E-state index contributed by atoms with van der Waals surface area (Å²) < 4.78 is 0. The van der Waals surface area contributed by atoms with Crippen molar-refractivity contribution in [2.75, 3.05) is 5.88 Å². The second-order valence-corrected chi connectivity index (χ2v) is 2.75. The first-order valence-electron chi connectivity index (χ1n) is 3.89. The lowest BCUT2D eigenvalue weighted by molar-refractivity contribution is -0.116. The molecule has 0 aliphatic heterocycles. The molecule has 0 saturated carbocycles. The zero-order valence-corrected chi connectivity index (χ0v) is 7.28. The summed E-state index contributed by atoms with van der Waals surface area (Å²) in [6.07, 6.45) is 5.30. The number of hydrogen-bond donors (Lipinski definition) is 0. The second-order valence-electron chi connectivity index (χ2n) is 2.48. The van der Waals surface area contributed by atoms with Crippen LogP contribution in [0.5, 0.6) is 0 Å². The number of carbonyl (C=O) groups excluding carboxylic acids is 1. The number of unbranched alkanes of at least 4 members (excludes halogenated alkanes) is 3. The maximum Gasteiger partial charge on any atom is 0.147 e. The van der Waals surface area contributed by atoms with Crippen LogP contribution in [0.4, 0.5) is 0 Å². The van der Waals surface area contributed by atoms with E-state index >= 15 is 0 Å². The van der Waals surface area contributed by atoms with Gasteiger partial charge in [0.25, 0.3) is 0 Å². The van der Waals surface area contributed by atoms with Gasteiger partial charge >= 0.3 is 0 Å². The summed E-state index contributed by atoms with van der Waals surface area (Å²) in [7, 11) is 0. The van der Waals surface area contributed by atoms with Crippen LogP contribution in [0.3, 0.4) is 0 Å². The van der Waals surface area contributed by atoms with E-state index in [0.29, 0.717) is 6.42 Å². The molecule has 1 nitrogen and oxygen atoms in total. The lowest BCUT2D eigenvalue weighted by Gasteiger charge is -1.95. The summed E-state index contributed by atoms with van der Waals surface area (Å²) in [5.41, 5.74) is 0. The molecular weight excluding hydrogens is 148 g/mol. The van der Waals surface area contributed by atoms with Crippen molar-refractivity contribution >= 4 is 17.4 Å². The van der Waals surface area contributed by atoms with Gasteiger partial charge in [-0.25, -0.2) is 0 Å². The quantitative estimate of drug-likeness (QED) is 0.434. The molecule has 0 heterocycles. The van der Waals surface area contributed by atoms with Crippen LogP contribution in [0.1, 0.15) is 39.0 Å². The fourth-order valence-electron chi connectivity index (χ4n) is 0.816. The number of hydrogen-bond acceptors (Lipinski definition) is 1. The lowest BCUT2D eigenvalue weighted by atomic mass is 10.1. The number of alkyl halides is 1. The molecule has 0 aromatic carbocycles. The first kappa shape index (κ1) is 9.96. The van der Waals surface area contributed by atoms with Gasteiger partial charge in [-0.2, -0.15) is 0 Å². The van der Waals surface area contributed by atoms with E-state index in [0.717, 1.165) is 6.42 Å². The van der Waals surface area contributed by atoms with E-state index in [-0.39, 0.29) is 11.7 Å². The molecule has 10 heavy (non-hydrogen) atoms. The third-order valence-electron chi connectivity index (χ3n) is 1.46. The van der Waals surface area contributed by atoms with Crippen LogP contribution in [-0.4, -0.2) is 11.7 Å². The third-order valence-corrected chi connectivity index (χ3v) is 1.76. The van der Waals surface area contributed by atoms with Crippen molar-refractivity contribution in [2.24, 2.45) is 0 Å². The zero-order valence-electron chi connectivity index (χ0n) is 6.53. The molecule has 2 heteroatoms. The molecule has 0 fully saturated rings. The minimum atomic E-state index is 0.178. The summed E-state index contributed by atoms with van der Waals surface area (Å²) in [6.45, 7) is 2.16. The predicted octanol–water partition coefficient (Wildman–Crippen LogP) is 2.76. The molecule has 0 saturated heterocycles. The summed E-state index contributed by atoms with van der Waals surface area (Å²) in [6, 6.07) is 0. The van der Waals surface area contributed by atoms with Crippen molar-refractivity contribution in [3.8, 4) is 0 Å². The average molecular weight is 163 g/mol. The fourth-order valence-corrected chi connectivity index (χ4v) is 0.949. The Balaban J connectivity index is 2.96. The topological polar surface area (TPSA) is 17.1 Å². The molecule has 0 aliphatic rings. The van der Waals surface area contributed by atoms with E-state index in [2.05, 4.69) is 6.92 Å². The smallest absolute Gasteiger partial charge is 0.147 e. The number of carbonyl (C=O) groups is 1. The highest BCUT2D eigenvalue weighted by atomic mass is 35.5. The summed E-state index contributed by atoms with van der Waals surface area (Å²) in [4.78, 5) is 10.6. The highest BCUT2D eigenvalue weighted by Crippen LogP contribution is 2.02. The van der Waals surface area contributed by atoms with Crippen molar-refractivity contribution < 1.29 is 4.79 Å². The molecule has 0 aromatic rings. The van der Waals surface area contributed by atoms with Crippen molar-refractivity contribution in [1.82, 2.24) is 0 Å². The summed E-state index contributed by atoms with van der Waals surface area (Å²) in [5, 5.41) is 0. The number of rotatable bonds is 6. The Morgan fingerprint density at radius 2 is 2.00 bits per heavy atom.